The Morgan fingerprint density at radius 3 is 2.73 bits per heavy atom. The van der Waals surface area contributed by atoms with Crippen molar-refractivity contribution in [2.45, 2.75) is 45.4 Å². The number of methoxy groups -OCH3 is 1. The molecule has 1 amide bonds. The number of fused-ring (bicyclic) bond motifs is 1. The zero-order valence-electron chi connectivity index (χ0n) is 17.7. The molecule has 0 fully saturated rings. The van der Waals surface area contributed by atoms with E-state index in [1.165, 1.54) is 5.56 Å². The molecule has 4 rings (SSSR count). The monoisotopic (exact) mass is 405 g/mol. The third kappa shape index (κ3) is 4.08. The highest BCUT2D eigenvalue weighted by molar-refractivity contribution is 5.96. The van der Waals surface area contributed by atoms with Gasteiger partial charge in [-0.25, -0.2) is 0 Å². The van der Waals surface area contributed by atoms with Crippen LogP contribution in [0.5, 0.6) is 5.75 Å². The molecule has 1 aromatic heterocycles. The van der Waals surface area contributed by atoms with Crippen molar-refractivity contribution in [1.82, 2.24) is 10.1 Å². The molecule has 2 heterocycles. The van der Waals surface area contributed by atoms with Gasteiger partial charge in [-0.1, -0.05) is 55.4 Å². The van der Waals surface area contributed by atoms with E-state index in [4.69, 9.17) is 9.26 Å². The highest BCUT2D eigenvalue weighted by atomic mass is 16.5. The molecule has 6 nitrogen and oxygen atoms in total. The van der Waals surface area contributed by atoms with Crippen LogP contribution >= 0.6 is 0 Å². The molecule has 0 radical (unpaired) electrons. The van der Waals surface area contributed by atoms with Crippen LogP contribution in [0.2, 0.25) is 0 Å². The van der Waals surface area contributed by atoms with Crippen LogP contribution in [0.15, 0.2) is 47.0 Å². The van der Waals surface area contributed by atoms with Gasteiger partial charge in [0.2, 0.25) is 17.6 Å². The lowest BCUT2D eigenvalue weighted by molar-refractivity contribution is -0.118. The predicted molar refractivity (Wildman–Crippen MR) is 116 cm³/mol. The van der Waals surface area contributed by atoms with Crippen LogP contribution in [0, 0.1) is 0 Å². The molecule has 0 atom stereocenters. The molecule has 30 heavy (non-hydrogen) atoms. The second kappa shape index (κ2) is 8.69. The van der Waals surface area contributed by atoms with Gasteiger partial charge in [-0.2, -0.15) is 4.98 Å². The summed E-state index contributed by atoms with van der Waals surface area (Å²) in [6, 6.07) is 14.1. The van der Waals surface area contributed by atoms with Crippen molar-refractivity contribution in [2.75, 3.05) is 18.6 Å². The quantitative estimate of drug-likeness (QED) is 0.590. The van der Waals surface area contributed by atoms with E-state index in [0.717, 1.165) is 35.4 Å². The third-order valence-corrected chi connectivity index (χ3v) is 5.56. The number of amides is 1. The molecule has 0 bridgehead atoms. The Labute approximate surface area is 176 Å². The first-order valence-electron chi connectivity index (χ1n) is 10.5. The summed E-state index contributed by atoms with van der Waals surface area (Å²) in [5.41, 5.74) is 4.23. The smallest absolute Gasteiger partial charge is 0.227 e. The molecule has 6 heteroatoms. The lowest BCUT2D eigenvalue weighted by atomic mass is 10.0. The van der Waals surface area contributed by atoms with E-state index >= 15 is 0 Å². The molecule has 2 aromatic carbocycles. The molecule has 0 spiro atoms. The number of ether oxygens (including phenoxy) is 1. The maximum Gasteiger partial charge on any atom is 0.227 e. The molecule has 3 aromatic rings. The third-order valence-electron chi connectivity index (χ3n) is 5.56. The fraction of sp³-hybridized carbons (Fsp3) is 0.375. The average Bonchev–Trinajstić information content (AvgIpc) is 3.25. The Morgan fingerprint density at radius 2 is 2.00 bits per heavy atom. The minimum Gasteiger partial charge on any atom is -0.495 e. The largest absolute Gasteiger partial charge is 0.495 e. The lowest BCUT2D eigenvalue weighted by Crippen LogP contribution is -2.36. The van der Waals surface area contributed by atoms with Gasteiger partial charge in [0, 0.05) is 24.9 Å². The fourth-order valence-electron chi connectivity index (χ4n) is 3.87. The van der Waals surface area contributed by atoms with E-state index < -0.39 is 0 Å². The van der Waals surface area contributed by atoms with Crippen molar-refractivity contribution >= 4 is 11.6 Å². The summed E-state index contributed by atoms with van der Waals surface area (Å²) in [7, 11) is 1.64. The summed E-state index contributed by atoms with van der Waals surface area (Å²) in [5.74, 6) is 2.29. The van der Waals surface area contributed by atoms with Crippen LogP contribution in [0.25, 0.3) is 11.4 Å². The Balaban J connectivity index is 1.43. The number of rotatable bonds is 6. The average molecular weight is 405 g/mol. The summed E-state index contributed by atoms with van der Waals surface area (Å²) in [6.07, 6.45) is 2.63. The summed E-state index contributed by atoms with van der Waals surface area (Å²) in [6.45, 7) is 5.02. The standard InChI is InChI=1S/C24H27N3O3/c1-16(2)17-9-11-19(12-10-17)24-25-21(30-26-24)13-14-22(28)27-15-5-7-18-6-4-8-20(29-3)23(18)27/h4,6,8-12,16H,5,7,13-15H2,1-3H3. The van der Waals surface area contributed by atoms with Crippen LogP contribution < -0.4 is 9.64 Å². The predicted octanol–water partition coefficient (Wildman–Crippen LogP) is 4.78. The summed E-state index contributed by atoms with van der Waals surface area (Å²) in [4.78, 5) is 19.3. The summed E-state index contributed by atoms with van der Waals surface area (Å²) >= 11 is 0. The lowest BCUT2D eigenvalue weighted by Gasteiger charge is -2.30. The molecule has 156 valence electrons. The van der Waals surface area contributed by atoms with Gasteiger partial charge < -0.3 is 14.2 Å². The van der Waals surface area contributed by atoms with Crippen molar-refractivity contribution in [3.8, 4) is 17.1 Å². The topological polar surface area (TPSA) is 68.5 Å². The highest BCUT2D eigenvalue weighted by Gasteiger charge is 2.26. The van der Waals surface area contributed by atoms with Crippen LogP contribution in [0.3, 0.4) is 0 Å². The van der Waals surface area contributed by atoms with Crippen molar-refractivity contribution < 1.29 is 14.1 Å². The minimum atomic E-state index is 0.0430. The van der Waals surface area contributed by atoms with Crippen molar-refractivity contribution in [1.29, 1.82) is 0 Å². The fourth-order valence-corrected chi connectivity index (χ4v) is 3.87. The Kier molecular flexibility index (Phi) is 5.84. The van der Waals surface area contributed by atoms with Crippen LogP contribution in [-0.4, -0.2) is 29.7 Å². The van der Waals surface area contributed by atoms with Gasteiger partial charge in [0.1, 0.15) is 5.75 Å². The van der Waals surface area contributed by atoms with E-state index in [1.807, 2.05) is 29.2 Å². The maximum absolute atomic E-state index is 13.0. The summed E-state index contributed by atoms with van der Waals surface area (Å²) in [5, 5.41) is 4.08. The zero-order valence-corrected chi connectivity index (χ0v) is 17.7. The SMILES string of the molecule is COc1cccc2c1N(C(=O)CCc1nc(-c3ccc(C(C)C)cc3)no1)CCC2. The molecule has 0 unspecified atom stereocenters. The molecule has 0 aliphatic carbocycles. The normalized spacial score (nSPS) is 13.4. The van der Waals surface area contributed by atoms with Crippen LogP contribution in [0.1, 0.15) is 49.6 Å². The van der Waals surface area contributed by atoms with E-state index in [9.17, 15) is 4.79 Å². The Hall–Kier alpha value is -3.15. The van der Waals surface area contributed by atoms with Crippen molar-refractivity contribution in [3.63, 3.8) is 0 Å². The molecular weight excluding hydrogens is 378 g/mol. The molecule has 1 aliphatic heterocycles. The van der Waals surface area contributed by atoms with E-state index in [-0.39, 0.29) is 5.91 Å². The number of aryl methyl sites for hydroxylation is 2. The van der Waals surface area contributed by atoms with Crippen molar-refractivity contribution in [2.24, 2.45) is 0 Å². The van der Waals surface area contributed by atoms with Gasteiger partial charge >= 0.3 is 0 Å². The second-order valence-corrected chi connectivity index (χ2v) is 7.91. The van der Waals surface area contributed by atoms with E-state index in [2.05, 4.69) is 42.2 Å². The Bertz CT molecular complexity index is 1010. The molecule has 0 saturated carbocycles. The number of anilines is 1. The van der Waals surface area contributed by atoms with Crippen LogP contribution in [0.4, 0.5) is 5.69 Å². The van der Waals surface area contributed by atoms with Gasteiger partial charge in [0.15, 0.2) is 0 Å². The van der Waals surface area contributed by atoms with Crippen LogP contribution in [-0.2, 0) is 17.6 Å². The number of carbonyl (C=O) groups is 1. The summed E-state index contributed by atoms with van der Waals surface area (Å²) < 4.78 is 10.9. The van der Waals surface area contributed by atoms with Gasteiger partial charge in [0.25, 0.3) is 0 Å². The Morgan fingerprint density at radius 1 is 1.20 bits per heavy atom. The molecular formula is C24H27N3O3. The number of benzene rings is 2. The van der Waals surface area contributed by atoms with Gasteiger partial charge in [-0.3, -0.25) is 4.79 Å². The first-order valence-corrected chi connectivity index (χ1v) is 10.5. The number of aromatic nitrogens is 2. The second-order valence-electron chi connectivity index (χ2n) is 7.91. The van der Waals surface area contributed by atoms with Crippen molar-refractivity contribution in [3.05, 3.63) is 59.5 Å². The number of hydrogen-bond donors (Lipinski definition) is 0. The zero-order chi connectivity index (χ0) is 21.1. The number of carbonyl (C=O) groups excluding carboxylic acids is 1. The van der Waals surface area contributed by atoms with E-state index in [0.29, 0.717) is 37.0 Å². The van der Waals surface area contributed by atoms with E-state index in [1.54, 1.807) is 7.11 Å². The molecule has 0 saturated heterocycles. The highest BCUT2D eigenvalue weighted by Crippen LogP contribution is 2.36. The molecule has 1 aliphatic rings. The minimum absolute atomic E-state index is 0.0430. The first kappa shape index (κ1) is 20.1. The van der Waals surface area contributed by atoms with Gasteiger partial charge in [-0.15, -0.1) is 0 Å². The number of hydrogen-bond acceptors (Lipinski definition) is 5. The number of para-hydroxylation sites is 1. The first-order chi connectivity index (χ1) is 14.6. The van der Waals surface area contributed by atoms with Gasteiger partial charge in [0.05, 0.1) is 12.8 Å². The number of nitrogens with zero attached hydrogens (tertiary/aromatic N) is 3. The maximum atomic E-state index is 13.0. The van der Waals surface area contributed by atoms with Gasteiger partial charge in [-0.05, 0) is 36.0 Å². The molecule has 0 N–H and O–H groups in total.